The molecule has 8 heteroatoms. The van der Waals surface area contributed by atoms with Gasteiger partial charge in [-0.05, 0) is 0 Å². The van der Waals surface area contributed by atoms with Gasteiger partial charge in [-0.2, -0.15) is 0 Å². The molecule has 0 radical (unpaired) electrons. The number of carbonyl (C=O) groups is 1. The molecular formula is C29H48IO7-. The summed E-state index contributed by atoms with van der Waals surface area (Å²) in [6.07, 6.45) is 4.41. The molecule has 10 atom stereocenters. The van der Waals surface area contributed by atoms with Crippen LogP contribution in [0.15, 0.2) is 11.6 Å². The van der Waals surface area contributed by atoms with Crippen LogP contribution >= 0.6 is 0 Å². The number of aliphatic hydroxyl groups is 4. The molecule has 0 aliphatic heterocycles. The number of ketones is 1. The Labute approximate surface area is 232 Å². The van der Waals surface area contributed by atoms with Crippen molar-refractivity contribution in [2.45, 2.75) is 126 Å². The van der Waals surface area contributed by atoms with Crippen molar-refractivity contribution >= 4 is 5.78 Å². The van der Waals surface area contributed by atoms with Gasteiger partial charge >= 0.3 is 233 Å². The Morgan fingerprint density at radius 3 is 2.38 bits per heavy atom. The van der Waals surface area contributed by atoms with Gasteiger partial charge in [-0.1, -0.05) is 0 Å². The van der Waals surface area contributed by atoms with Gasteiger partial charge < -0.3 is 0 Å². The number of hydrogen-bond donors (Lipinski definition) is 5. The first-order valence-electron chi connectivity index (χ1n) is 14.1. The quantitative estimate of drug-likeness (QED) is 0.186. The van der Waals surface area contributed by atoms with Crippen LogP contribution in [-0.2, 0) is 9.53 Å². The SMILES string of the molecule is CCOC(CCC(C)(C)O)[C@](C)(O)C1CCC2([I-]O)C3=CC(=O)C4C[C@@H](O)[C@@H](O)CC4(C)C3CCC12C. The molecule has 3 saturated carbocycles. The van der Waals surface area contributed by atoms with Crippen molar-refractivity contribution < 1.29 is 55.0 Å². The van der Waals surface area contributed by atoms with Crippen LogP contribution in [0.2, 0.25) is 0 Å². The second kappa shape index (κ2) is 10.1. The fourth-order valence-corrected chi connectivity index (χ4v) is 11.5. The summed E-state index contributed by atoms with van der Waals surface area (Å²) in [5, 5.41) is 43.4. The van der Waals surface area contributed by atoms with Crippen molar-refractivity contribution in [3.8, 4) is 0 Å². The standard InChI is InChI=1S/C29H48IO7/c1-7-37-24(10-11-25(2,3)34)28(6,35)23-9-13-29(30-36)18-14-20(31)19-15-21(32)22(33)16-26(19,4)17(18)8-12-27(23,29)5/h14,17,19,21-24,32-36H,7-13,15-16H2,1-6H3/q-1/t17?,19?,21-,22+,23?,24?,26?,27?,28-,29?/m1/s1. The molecule has 4 rings (SSSR count). The first-order valence-corrected chi connectivity index (χ1v) is 16.1. The number of hydrogen-bond acceptors (Lipinski definition) is 7. The van der Waals surface area contributed by atoms with E-state index in [1.54, 1.807) is 19.9 Å². The molecule has 37 heavy (non-hydrogen) atoms. The van der Waals surface area contributed by atoms with Crippen molar-refractivity contribution in [3.05, 3.63) is 11.6 Å². The number of aliphatic hydroxyl groups excluding tert-OH is 2. The fourth-order valence-electron chi connectivity index (χ4n) is 8.90. The van der Waals surface area contributed by atoms with E-state index in [1.807, 2.05) is 13.8 Å². The summed E-state index contributed by atoms with van der Waals surface area (Å²) < 4.78 is 16.8. The Morgan fingerprint density at radius 1 is 1.11 bits per heavy atom. The predicted molar refractivity (Wildman–Crippen MR) is 136 cm³/mol. The molecule has 0 spiro atoms. The molecule has 7 unspecified atom stereocenters. The number of halogens is 1. The van der Waals surface area contributed by atoms with Gasteiger partial charge in [-0.25, -0.2) is 0 Å². The van der Waals surface area contributed by atoms with Crippen molar-refractivity contribution in [2.75, 3.05) is 6.61 Å². The first-order chi connectivity index (χ1) is 17.1. The van der Waals surface area contributed by atoms with Crippen LogP contribution in [-0.4, -0.2) is 69.2 Å². The Morgan fingerprint density at radius 2 is 1.78 bits per heavy atom. The Bertz CT molecular complexity index is 912. The summed E-state index contributed by atoms with van der Waals surface area (Å²) >= 11 is -1.32. The van der Waals surface area contributed by atoms with E-state index in [2.05, 4.69) is 13.8 Å². The van der Waals surface area contributed by atoms with Crippen LogP contribution in [0.5, 0.6) is 0 Å². The van der Waals surface area contributed by atoms with Crippen LogP contribution < -0.4 is 21.6 Å². The van der Waals surface area contributed by atoms with E-state index in [4.69, 9.17) is 4.74 Å². The number of carbonyl (C=O) groups excluding carboxylic acids is 1. The summed E-state index contributed by atoms with van der Waals surface area (Å²) in [5.41, 5.74) is -1.84. The molecule has 4 aliphatic rings. The van der Waals surface area contributed by atoms with E-state index in [1.165, 1.54) is 0 Å². The van der Waals surface area contributed by atoms with E-state index >= 15 is 0 Å². The molecule has 0 saturated heterocycles. The Hall–Kier alpha value is -0.100. The third kappa shape index (κ3) is 4.68. The third-order valence-corrected chi connectivity index (χ3v) is 14.1. The average molecular weight is 636 g/mol. The van der Waals surface area contributed by atoms with E-state index in [9.17, 15) is 28.7 Å². The fraction of sp³-hybridized carbons (Fsp3) is 0.897. The van der Waals surface area contributed by atoms with E-state index in [-0.39, 0.29) is 30.0 Å². The van der Waals surface area contributed by atoms with Gasteiger partial charge in [0.05, 0.1) is 0 Å². The van der Waals surface area contributed by atoms with Crippen molar-refractivity contribution in [2.24, 2.45) is 28.6 Å². The molecule has 0 aromatic heterocycles. The van der Waals surface area contributed by atoms with E-state index in [0.29, 0.717) is 25.9 Å². The molecule has 5 N–H and O–H groups in total. The van der Waals surface area contributed by atoms with Crippen LogP contribution in [0.25, 0.3) is 0 Å². The zero-order valence-corrected chi connectivity index (χ0v) is 25.5. The summed E-state index contributed by atoms with van der Waals surface area (Å²) in [5.74, 6) is -0.374. The molecule has 0 aromatic carbocycles. The van der Waals surface area contributed by atoms with Crippen molar-refractivity contribution in [1.29, 1.82) is 0 Å². The van der Waals surface area contributed by atoms with Gasteiger partial charge in [-0.3, -0.25) is 0 Å². The maximum absolute atomic E-state index is 13.5. The molecule has 214 valence electrons. The number of rotatable bonds is 8. The number of fused-ring (bicyclic) bond motifs is 5. The zero-order chi connectivity index (χ0) is 27.6. The molecule has 4 aliphatic carbocycles. The predicted octanol–water partition coefficient (Wildman–Crippen LogP) is -0.0978. The van der Waals surface area contributed by atoms with Gasteiger partial charge in [-0.15, -0.1) is 0 Å². The molecule has 0 amide bonds. The van der Waals surface area contributed by atoms with Gasteiger partial charge in [0, 0.05) is 0 Å². The van der Waals surface area contributed by atoms with Crippen LogP contribution in [0.3, 0.4) is 0 Å². The van der Waals surface area contributed by atoms with Crippen LogP contribution in [0.4, 0.5) is 0 Å². The molecule has 7 nitrogen and oxygen atoms in total. The molecule has 0 aromatic rings. The molecule has 0 bridgehead atoms. The first kappa shape index (κ1) is 29.9. The van der Waals surface area contributed by atoms with Crippen LogP contribution in [0.1, 0.15) is 92.9 Å². The van der Waals surface area contributed by atoms with E-state index < -0.39 is 65.4 Å². The molecule has 3 fully saturated rings. The topological polar surface area (TPSA) is 127 Å². The number of allylic oxidation sites excluding steroid dienone is 2. The Kier molecular flexibility index (Phi) is 8.13. The van der Waals surface area contributed by atoms with Crippen LogP contribution in [0, 0.1) is 28.6 Å². The number of alkyl halides is 1. The van der Waals surface area contributed by atoms with Gasteiger partial charge in [0.1, 0.15) is 0 Å². The minimum atomic E-state index is -1.32. The molecule has 0 heterocycles. The van der Waals surface area contributed by atoms with Gasteiger partial charge in [0.2, 0.25) is 0 Å². The second-order valence-corrected chi connectivity index (χ2v) is 16.0. The normalized spacial score (nSPS) is 44.5. The maximum atomic E-state index is 13.5. The summed E-state index contributed by atoms with van der Waals surface area (Å²) in [7, 11) is 0. The summed E-state index contributed by atoms with van der Waals surface area (Å²) in [6.45, 7) is 12.1. The Balaban J connectivity index is 1.72. The molecular weight excluding hydrogens is 587 g/mol. The summed E-state index contributed by atoms with van der Waals surface area (Å²) in [4.78, 5) is 13.5. The van der Waals surface area contributed by atoms with Crippen molar-refractivity contribution in [3.63, 3.8) is 0 Å². The van der Waals surface area contributed by atoms with Gasteiger partial charge in [0.25, 0.3) is 0 Å². The minimum absolute atomic E-state index is 0.00774. The summed E-state index contributed by atoms with van der Waals surface area (Å²) in [6, 6.07) is 0. The van der Waals surface area contributed by atoms with Crippen molar-refractivity contribution in [1.82, 2.24) is 0 Å². The average Bonchev–Trinajstić information content (AvgIpc) is 3.12. The van der Waals surface area contributed by atoms with E-state index in [0.717, 1.165) is 31.3 Å². The number of ether oxygens (including phenoxy) is 1. The second-order valence-electron chi connectivity index (χ2n) is 13.6. The zero-order valence-electron chi connectivity index (χ0n) is 23.3. The van der Waals surface area contributed by atoms with Gasteiger partial charge in [0.15, 0.2) is 0 Å². The monoisotopic (exact) mass is 635 g/mol. The third-order valence-electron chi connectivity index (χ3n) is 10.9.